The van der Waals surface area contributed by atoms with Crippen LogP contribution in [0.15, 0.2) is 53.3 Å². The van der Waals surface area contributed by atoms with Crippen LogP contribution in [0.5, 0.6) is 5.75 Å². The third kappa shape index (κ3) is 4.21. The number of aromatic amines is 1. The summed E-state index contributed by atoms with van der Waals surface area (Å²) in [4.78, 5) is 18.3. The molecule has 3 heterocycles. The second-order valence-electron chi connectivity index (χ2n) is 10.0. The Morgan fingerprint density at radius 2 is 1.69 bits per heavy atom. The molecule has 1 atom stereocenters. The molecule has 0 bridgehead atoms. The molecule has 0 amide bonds. The molecule has 1 N–H and O–H groups in total. The molecular formula is C27H33N7O2. The molecule has 0 spiro atoms. The average Bonchev–Trinajstić information content (AvgIpc) is 3.54. The van der Waals surface area contributed by atoms with Gasteiger partial charge in [-0.05, 0) is 65.9 Å². The van der Waals surface area contributed by atoms with E-state index in [2.05, 4.69) is 42.2 Å². The summed E-state index contributed by atoms with van der Waals surface area (Å²) < 4.78 is 9.44. The Labute approximate surface area is 210 Å². The van der Waals surface area contributed by atoms with Crippen molar-refractivity contribution in [2.24, 2.45) is 0 Å². The predicted molar refractivity (Wildman–Crippen MR) is 137 cm³/mol. The number of nitrogens with zero attached hydrogens (tertiary/aromatic N) is 6. The first-order chi connectivity index (χ1) is 17.7. The first-order valence-electron chi connectivity index (χ1n) is 13.1. The van der Waals surface area contributed by atoms with Crippen molar-refractivity contribution < 1.29 is 4.74 Å². The Morgan fingerprint density at radius 3 is 2.44 bits per heavy atom. The van der Waals surface area contributed by atoms with Crippen LogP contribution in [0.1, 0.15) is 74.5 Å². The van der Waals surface area contributed by atoms with Crippen LogP contribution in [0.2, 0.25) is 0 Å². The van der Waals surface area contributed by atoms with Gasteiger partial charge in [-0.3, -0.25) is 9.47 Å². The Kier molecular flexibility index (Phi) is 6.31. The minimum Gasteiger partial charge on any atom is -0.497 e. The molecule has 4 aromatic rings. The molecule has 2 aromatic carbocycles. The molecule has 2 fully saturated rings. The summed E-state index contributed by atoms with van der Waals surface area (Å²) in [5, 5.41) is 13.2. The third-order valence-electron chi connectivity index (χ3n) is 7.97. The van der Waals surface area contributed by atoms with E-state index < -0.39 is 0 Å². The molecule has 2 aliphatic rings. The molecule has 6 rings (SSSR count). The molecule has 36 heavy (non-hydrogen) atoms. The number of piperidine rings is 1. The SMILES string of the molecule is COc1ccc(C(c2nnnn2C2CCCCC2)N2CCC(n3c(=O)[nH]c4ccccc43)CC2)cc1. The number of para-hydroxylation sites is 2. The molecule has 2 aromatic heterocycles. The van der Waals surface area contributed by atoms with Crippen molar-refractivity contribution in [3.63, 3.8) is 0 Å². The Hall–Kier alpha value is -3.46. The van der Waals surface area contributed by atoms with Crippen molar-refractivity contribution in [3.8, 4) is 5.75 Å². The van der Waals surface area contributed by atoms with Crippen molar-refractivity contribution in [1.29, 1.82) is 0 Å². The molecule has 1 unspecified atom stereocenters. The Morgan fingerprint density at radius 1 is 0.944 bits per heavy atom. The number of fused-ring (bicyclic) bond motifs is 1. The molecule has 1 aliphatic carbocycles. The van der Waals surface area contributed by atoms with Gasteiger partial charge in [-0.15, -0.1) is 5.10 Å². The summed E-state index contributed by atoms with van der Waals surface area (Å²) >= 11 is 0. The highest BCUT2D eigenvalue weighted by Gasteiger charge is 2.34. The molecule has 1 aliphatic heterocycles. The number of benzene rings is 2. The van der Waals surface area contributed by atoms with Gasteiger partial charge in [-0.2, -0.15) is 0 Å². The van der Waals surface area contributed by atoms with E-state index in [9.17, 15) is 4.79 Å². The van der Waals surface area contributed by atoms with Crippen LogP contribution in [0.25, 0.3) is 11.0 Å². The minimum atomic E-state index is -0.0477. The topological polar surface area (TPSA) is 93.9 Å². The fraction of sp³-hybridized carbons (Fsp3) is 0.481. The van der Waals surface area contributed by atoms with Crippen LogP contribution in [-0.4, -0.2) is 54.9 Å². The number of hydrogen-bond donors (Lipinski definition) is 1. The van der Waals surface area contributed by atoms with Crippen molar-refractivity contribution >= 4 is 11.0 Å². The molecule has 9 nitrogen and oxygen atoms in total. The van der Waals surface area contributed by atoms with Crippen molar-refractivity contribution in [2.75, 3.05) is 20.2 Å². The largest absolute Gasteiger partial charge is 0.497 e. The first-order valence-corrected chi connectivity index (χ1v) is 13.1. The number of H-pyrrole nitrogens is 1. The maximum Gasteiger partial charge on any atom is 0.326 e. The summed E-state index contributed by atoms with van der Waals surface area (Å²) in [6, 6.07) is 16.7. The van der Waals surface area contributed by atoms with E-state index in [4.69, 9.17) is 4.74 Å². The zero-order valence-electron chi connectivity index (χ0n) is 20.7. The van der Waals surface area contributed by atoms with Crippen molar-refractivity contribution in [1.82, 2.24) is 34.7 Å². The fourth-order valence-corrected chi connectivity index (χ4v) is 6.11. The van der Waals surface area contributed by atoms with Crippen LogP contribution >= 0.6 is 0 Å². The Bertz CT molecular complexity index is 1360. The summed E-state index contributed by atoms with van der Waals surface area (Å²) in [6.45, 7) is 1.70. The van der Waals surface area contributed by atoms with E-state index >= 15 is 0 Å². The molecule has 188 valence electrons. The summed E-state index contributed by atoms with van der Waals surface area (Å²) in [6.07, 6.45) is 7.76. The number of nitrogens with one attached hydrogen (secondary N) is 1. The van der Waals surface area contributed by atoms with Gasteiger partial charge in [0.15, 0.2) is 5.82 Å². The minimum absolute atomic E-state index is 0.0254. The molecule has 1 saturated heterocycles. The van der Waals surface area contributed by atoms with Gasteiger partial charge in [0.1, 0.15) is 5.75 Å². The highest BCUT2D eigenvalue weighted by molar-refractivity contribution is 5.75. The smallest absolute Gasteiger partial charge is 0.326 e. The number of tetrazole rings is 1. The summed E-state index contributed by atoms with van der Waals surface area (Å²) in [5.41, 5.74) is 3.01. The highest BCUT2D eigenvalue weighted by atomic mass is 16.5. The second kappa shape index (κ2) is 9.89. The zero-order chi connectivity index (χ0) is 24.5. The lowest BCUT2D eigenvalue weighted by Crippen LogP contribution is -2.40. The molecule has 9 heteroatoms. The predicted octanol–water partition coefficient (Wildman–Crippen LogP) is 4.26. The van der Waals surface area contributed by atoms with E-state index in [0.717, 1.165) is 66.9 Å². The van der Waals surface area contributed by atoms with Gasteiger partial charge in [-0.25, -0.2) is 9.48 Å². The second-order valence-corrected chi connectivity index (χ2v) is 10.0. The molecule has 1 saturated carbocycles. The van der Waals surface area contributed by atoms with E-state index in [1.807, 2.05) is 41.0 Å². The van der Waals surface area contributed by atoms with Gasteiger partial charge in [0, 0.05) is 19.1 Å². The van der Waals surface area contributed by atoms with E-state index in [-0.39, 0.29) is 17.8 Å². The van der Waals surface area contributed by atoms with Crippen LogP contribution in [0.4, 0.5) is 0 Å². The number of rotatable bonds is 6. The normalized spacial score (nSPS) is 19.0. The lowest BCUT2D eigenvalue weighted by Gasteiger charge is -2.38. The monoisotopic (exact) mass is 487 g/mol. The van der Waals surface area contributed by atoms with Gasteiger partial charge < -0.3 is 9.72 Å². The van der Waals surface area contributed by atoms with E-state index in [1.54, 1.807) is 7.11 Å². The average molecular weight is 488 g/mol. The van der Waals surface area contributed by atoms with Crippen LogP contribution in [-0.2, 0) is 0 Å². The van der Waals surface area contributed by atoms with Crippen molar-refractivity contribution in [2.45, 2.75) is 63.1 Å². The number of ether oxygens (including phenoxy) is 1. The van der Waals surface area contributed by atoms with Gasteiger partial charge in [-0.1, -0.05) is 43.5 Å². The van der Waals surface area contributed by atoms with Gasteiger partial charge in [0.25, 0.3) is 0 Å². The number of aromatic nitrogens is 6. The van der Waals surface area contributed by atoms with Gasteiger partial charge in [0.05, 0.1) is 30.2 Å². The number of hydrogen-bond acceptors (Lipinski definition) is 6. The first kappa shape index (κ1) is 23.0. The van der Waals surface area contributed by atoms with Gasteiger partial charge >= 0.3 is 5.69 Å². The standard InChI is InChI=1S/C27H33N7O2/c1-36-22-13-11-19(12-14-22)25(26-29-30-31-34(26)21-7-3-2-4-8-21)32-17-15-20(16-18-32)33-24-10-6-5-9-23(24)28-27(33)35/h5-6,9-14,20-21,25H,2-4,7-8,15-18H2,1H3,(H,28,35). The lowest BCUT2D eigenvalue weighted by atomic mass is 9.94. The van der Waals surface area contributed by atoms with Crippen LogP contribution < -0.4 is 10.4 Å². The van der Waals surface area contributed by atoms with Crippen LogP contribution in [0.3, 0.4) is 0 Å². The maximum absolute atomic E-state index is 12.8. The quantitative estimate of drug-likeness (QED) is 0.437. The Balaban J connectivity index is 1.30. The number of likely N-dealkylation sites (tertiary alicyclic amines) is 1. The number of imidazole rings is 1. The maximum atomic E-state index is 12.8. The van der Waals surface area contributed by atoms with Gasteiger partial charge in [0.2, 0.25) is 0 Å². The summed E-state index contributed by atoms with van der Waals surface area (Å²) in [7, 11) is 1.69. The molecule has 0 radical (unpaired) electrons. The summed E-state index contributed by atoms with van der Waals surface area (Å²) in [5.74, 6) is 1.75. The third-order valence-corrected chi connectivity index (χ3v) is 7.97. The van der Waals surface area contributed by atoms with E-state index in [0.29, 0.717) is 6.04 Å². The van der Waals surface area contributed by atoms with E-state index in [1.165, 1.54) is 19.3 Å². The number of methoxy groups -OCH3 is 1. The fourth-order valence-electron chi connectivity index (χ4n) is 6.11. The van der Waals surface area contributed by atoms with Crippen molar-refractivity contribution in [3.05, 3.63) is 70.4 Å². The lowest BCUT2D eigenvalue weighted by molar-refractivity contribution is 0.143. The van der Waals surface area contributed by atoms with Crippen LogP contribution in [0, 0.1) is 0 Å². The zero-order valence-corrected chi connectivity index (χ0v) is 20.7. The highest BCUT2D eigenvalue weighted by Crippen LogP contribution is 2.36. The molecular weight excluding hydrogens is 454 g/mol.